The lowest BCUT2D eigenvalue weighted by molar-refractivity contribution is -0.167. The predicted octanol–water partition coefficient (Wildman–Crippen LogP) is 2.07. The van der Waals surface area contributed by atoms with Crippen LogP contribution >= 0.6 is 0 Å². The molecule has 6 nitrogen and oxygen atoms in total. The molecule has 0 saturated carbocycles. The van der Waals surface area contributed by atoms with Gasteiger partial charge in [0.2, 0.25) is 0 Å². The molecule has 6 rings (SSSR count). The van der Waals surface area contributed by atoms with Crippen molar-refractivity contribution in [3.63, 3.8) is 0 Å². The fraction of sp³-hybridized carbons (Fsp3) is 0.571. The van der Waals surface area contributed by atoms with E-state index in [4.69, 9.17) is 4.74 Å². The van der Waals surface area contributed by atoms with E-state index in [0.717, 1.165) is 36.2 Å². The number of likely N-dealkylation sites (tertiary alicyclic amines) is 1. The number of phenols is 1. The van der Waals surface area contributed by atoms with E-state index in [1.54, 1.807) is 6.07 Å². The van der Waals surface area contributed by atoms with Crippen molar-refractivity contribution in [2.45, 2.75) is 56.3 Å². The minimum Gasteiger partial charge on any atom is -0.504 e. The number of ether oxygens (including phenoxy) is 1. The number of aromatic nitrogens is 2. The maximum atomic E-state index is 12.1. The van der Waals surface area contributed by atoms with Crippen LogP contribution in [0, 0.1) is 0 Å². The van der Waals surface area contributed by atoms with Crippen LogP contribution in [0.3, 0.4) is 0 Å². The molecular formula is C21H27N3O3. The van der Waals surface area contributed by atoms with Crippen LogP contribution < -0.4 is 4.74 Å². The first-order valence-electron chi connectivity index (χ1n) is 9.93. The predicted molar refractivity (Wildman–Crippen MR) is 101 cm³/mol. The molecule has 1 fully saturated rings. The first-order chi connectivity index (χ1) is 13.0. The number of phenolic OH excluding ortho intramolecular Hbond substituents is 1. The highest BCUT2D eigenvalue weighted by atomic mass is 16.5. The van der Waals surface area contributed by atoms with E-state index in [2.05, 4.69) is 17.0 Å². The second-order valence-corrected chi connectivity index (χ2v) is 8.18. The summed E-state index contributed by atoms with van der Waals surface area (Å²) < 4.78 is 8.15. The van der Waals surface area contributed by atoms with Crippen molar-refractivity contribution in [2.24, 2.45) is 7.05 Å². The van der Waals surface area contributed by atoms with Crippen molar-refractivity contribution in [3.8, 4) is 11.5 Å². The molecule has 3 heterocycles. The molecule has 1 saturated heterocycles. The number of nitrogens with zero attached hydrogens (tertiary/aromatic N) is 3. The van der Waals surface area contributed by atoms with Gasteiger partial charge in [0.15, 0.2) is 17.6 Å². The number of hydrogen-bond acceptors (Lipinski definition) is 5. The molecule has 27 heavy (non-hydrogen) atoms. The van der Waals surface area contributed by atoms with Crippen LogP contribution in [0.4, 0.5) is 0 Å². The fourth-order valence-electron chi connectivity index (χ4n) is 6.13. The van der Waals surface area contributed by atoms with Gasteiger partial charge in [-0.3, -0.25) is 4.68 Å². The molecule has 6 heteroatoms. The van der Waals surface area contributed by atoms with E-state index in [9.17, 15) is 10.2 Å². The number of aromatic hydroxyl groups is 1. The summed E-state index contributed by atoms with van der Waals surface area (Å²) in [4.78, 5) is 2.29. The highest BCUT2D eigenvalue weighted by molar-refractivity contribution is 5.64. The average molecular weight is 369 g/mol. The van der Waals surface area contributed by atoms with Gasteiger partial charge < -0.3 is 19.8 Å². The van der Waals surface area contributed by atoms with Crippen molar-refractivity contribution < 1.29 is 14.9 Å². The molecule has 2 aliphatic heterocycles. The van der Waals surface area contributed by atoms with Gasteiger partial charge in [-0.15, -0.1) is 0 Å². The molecule has 144 valence electrons. The summed E-state index contributed by atoms with van der Waals surface area (Å²) in [7, 11) is 4.01. The Balaban J connectivity index is 0.000000777. The lowest BCUT2D eigenvalue weighted by Crippen LogP contribution is -2.73. The third-order valence-electron chi connectivity index (χ3n) is 7.13. The Kier molecular flexibility index (Phi) is 3.33. The van der Waals surface area contributed by atoms with Crippen LogP contribution in [-0.4, -0.2) is 50.1 Å². The number of piperidine rings is 1. The third-order valence-corrected chi connectivity index (χ3v) is 7.13. The monoisotopic (exact) mass is 369 g/mol. The lowest BCUT2D eigenvalue weighted by Gasteiger charge is -2.61. The SMILES string of the molecule is CC.CN1CCC23c4c5ccc(O)c4OC2c2nn(C)cc2CC3(O)C1C5. The Morgan fingerprint density at radius 1 is 1.22 bits per heavy atom. The van der Waals surface area contributed by atoms with E-state index in [-0.39, 0.29) is 17.9 Å². The third kappa shape index (κ3) is 1.76. The summed E-state index contributed by atoms with van der Waals surface area (Å²) in [6.07, 6.45) is 3.84. The maximum Gasteiger partial charge on any atom is 0.166 e. The molecule has 1 aromatic carbocycles. The number of fused-ring (bicyclic) bond motifs is 2. The molecule has 4 aliphatic rings. The van der Waals surface area contributed by atoms with Gasteiger partial charge in [-0.05, 0) is 38.1 Å². The van der Waals surface area contributed by atoms with E-state index < -0.39 is 11.0 Å². The average Bonchev–Trinajstić information content (AvgIpc) is 3.18. The van der Waals surface area contributed by atoms with Gasteiger partial charge in [0, 0.05) is 36.8 Å². The van der Waals surface area contributed by atoms with Gasteiger partial charge in [-0.25, -0.2) is 0 Å². The summed E-state index contributed by atoms with van der Waals surface area (Å²) in [6, 6.07) is 3.77. The minimum atomic E-state index is -0.910. The standard InChI is InChI=1S/C19H21N3O3.C2H6/c1-21-6-5-18-14-10-3-4-12(23)16(14)25-17(18)15-11(9-22(2)20-15)8-19(18,24)13(21)7-10;1-2/h3-4,9,13,17,23-24H,5-8H2,1-2H3;1-2H3. The van der Waals surface area contributed by atoms with Gasteiger partial charge in [0.25, 0.3) is 0 Å². The van der Waals surface area contributed by atoms with Gasteiger partial charge in [0.1, 0.15) is 5.69 Å². The topological polar surface area (TPSA) is 70.8 Å². The first kappa shape index (κ1) is 17.1. The molecule has 4 unspecified atom stereocenters. The van der Waals surface area contributed by atoms with Gasteiger partial charge in [0.05, 0.1) is 11.0 Å². The first-order valence-corrected chi connectivity index (χ1v) is 9.93. The number of aryl methyl sites for hydroxylation is 1. The fourth-order valence-corrected chi connectivity index (χ4v) is 6.13. The normalized spacial score (nSPS) is 34.9. The molecule has 2 bridgehead atoms. The van der Waals surface area contributed by atoms with Crippen molar-refractivity contribution in [3.05, 3.63) is 40.7 Å². The number of rotatable bonds is 0. The largest absolute Gasteiger partial charge is 0.504 e. The summed E-state index contributed by atoms with van der Waals surface area (Å²) in [5.74, 6) is 0.724. The van der Waals surface area contributed by atoms with Gasteiger partial charge >= 0.3 is 0 Å². The Morgan fingerprint density at radius 2 is 2.00 bits per heavy atom. The van der Waals surface area contributed by atoms with E-state index in [0.29, 0.717) is 12.2 Å². The van der Waals surface area contributed by atoms with Crippen molar-refractivity contribution in [2.75, 3.05) is 13.6 Å². The molecule has 4 atom stereocenters. The van der Waals surface area contributed by atoms with Gasteiger partial charge in [-0.1, -0.05) is 19.9 Å². The van der Waals surface area contributed by atoms with E-state index in [1.807, 2.05) is 37.8 Å². The van der Waals surface area contributed by atoms with Crippen LogP contribution in [0.2, 0.25) is 0 Å². The van der Waals surface area contributed by atoms with Crippen LogP contribution in [0.5, 0.6) is 11.5 Å². The van der Waals surface area contributed by atoms with Crippen LogP contribution in [0.1, 0.15) is 48.8 Å². The van der Waals surface area contributed by atoms with E-state index >= 15 is 0 Å². The molecule has 2 aliphatic carbocycles. The zero-order valence-electron chi connectivity index (χ0n) is 16.4. The van der Waals surface area contributed by atoms with Crippen molar-refractivity contribution in [1.82, 2.24) is 14.7 Å². The summed E-state index contributed by atoms with van der Waals surface area (Å²) >= 11 is 0. The maximum absolute atomic E-state index is 12.1. The van der Waals surface area contributed by atoms with E-state index in [1.165, 1.54) is 5.56 Å². The second-order valence-electron chi connectivity index (χ2n) is 8.18. The number of likely N-dealkylation sites (N-methyl/N-ethyl adjacent to an activating group) is 1. The van der Waals surface area contributed by atoms with Crippen molar-refractivity contribution >= 4 is 0 Å². The van der Waals surface area contributed by atoms with Crippen molar-refractivity contribution in [1.29, 1.82) is 0 Å². The number of aliphatic hydroxyl groups is 1. The van der Waals surface area contributed by atoms with Crippen LogP contribution in [-0.2, 0) is 25.3 Å². The minimum absolute atomic E-state index is 0.0451. The van der Waals surface area contributed by atoms with Crippen LogP contribution in [0.25, 0.3) is 0 Å². The smallest absolute Gasteiger partial charge is 0.166 e. The molecule has 1 aromatic heterocycles. The molecule has 2 aromatic rings. The number of hydrogen-bond donors (Lipinski definition) is 2. The lowest BCUT2D eigenvalue weighted by atomic mass is 9.49. The zero-order chi connectivity index (χ0) is 19.1. The summed E-state index contributed by atoms with van der Waals surface area (Å²) in [6.45, 7) is 4.91. The molecule has 0 amide bonds. The highest BCUT2D eigenvalue weighted by Crippen LogP contribution is 2.68. The summed E-state index contributed by atoms with van der Waals surface area (Å²) in [5, 5.41) is 27.2. The van der Waals surface area contributed by atoms with Gasteiger partial charge in [-0.2, -0.15) is 5.10 Å². The van der Waals surface area contributed by atoms with Crippen LogP contribution in [0.15, 0.2) is 18.3 Å². The molecule has 1 spiro atoms. The molecular weight excluding hydrogens is 342 g/mol. The Labute approximate surface area is 159 Å². The quantitative estimate of drug-likeness (QED) is 0.744. The Hall–Kier alpha value is -2.05. The second kappa shape index (κ2) is 5.26. The Morgan fingerprint density at radius 3 is 2.78 bits per heavy atom. The summed E-state index contributed by atoms with van der Waals surface area (Å²) in [5.41, 5.74) is 2.76. The number of benzene rings is 1. The Bertz CT molecular complexity index is 939. The zero-order valence-corrected chi connectivity index (χ0v) is 16.4. The molecule has 0 radical (unpaired) electrons. The highest BCUT2D eigenvalue weighted by Gasteiger charge is 2.72. The molecule has 2 N–H and O–H groups in total.